The van der Waals surface area contributed by atoms with Crippen LogP contribution in [0.25, 0.3) is 0 Å². The molecule has 1 unspecified atom stereocenters. The van der Waals surface area contributed by atoms with Crippen LogP contribution in [0.3, 0.4) is 0 Å². The second-order valence-electron chi connectivity index (χ2n) is 4.89. The summed E-state index contributed by atoms with van der Waals surface area (Å²) in [5, 5.41) is 0.925. The molecule has 0 saturated heterocycles. The van der Waals surface area contributed by atoms with Crippen molar-refractivity contribution in [1.29, 1.82) is 0 Å². The normalized spacial score (nSPS) is 21.8. The molecule has 0 radical (unpaired) electrons. The number of halogens is 4. The molecule has 0 spiro atoms. The van der Waals surface area contributed by atoms with Crippen molar-refractivity contribution in [2.75, 3.05) is 0 Å². The molecule has 1 fully saturated rings. The minimum atomic E-state index is -2.52. The van der Waals surface area contributed by atoms with Crippen LogP contribution < -0.4 is 5.73 Å². The predicted molar refractivity (Wildman–Crippen MR) is 70.3 cm³/mol. The van der Waals surface area contributed by atoms with Gasteiger partial charge in [0.1, 0.15) is 0 Å². The van der Waals surface area contributed by atoms with Gasteiger partial charge in [0.2, 0.25) is 5.92 Å². The zero-order valence-electron chi connectivity index (χ0n) is 9.80. The van der Waals surface area contributed by atoms with Gasteiger partial charge in [-0.3, -0.25) is 0 Å². The van der Waals surface area contributed by atoms with Gasteiger partial charge in [-0.1, -0.05) is 29.3 Å². The molecule has 0 heterocycles. The summed E-state index contributed by atoms with van der Waals surface area (Å²) in [6.07, 6.45) is 0.752. The first kappa shape index (κ1) is 14.0. The molecular weight excluding hydrogens is 279 g/mol. The summed E-state index contributed by atoms with van der Waals surface area (Å²) in [6.45, 7) is 0. The average molecular weight is 294 g/mol. The van der Waals surface area contributed by atoms with Gasteiger partial charge in [0.15, 0.2) is 0 Å². The molecule has 0 bridgehead atoms. The topological polar surface area (TPSA) is 26.0 Å². The van der Waals surface area contributed by atoms with Crippen molar-refractivity contribution in [2.24, 2.45) is 11.7 Å². The van der Waals surface area contributed by atoms with Crippen LogP contribution in [0, 0.1) is 5.92 Å². The lowest BCUT2D eigenvalue weighted by Gasteiger charge is -2.32. The zero-order valence-corrected chi connectivity index (χ0v) is 11.3. The van der Waals surface area contributed by atoms with E-state index in [-0.39, 0.29) is 24.8 Å². The van der Waals surface area contributed by atoms with Crippen molar-refractivity contribution < 1.29 is 8.78 Å². The molecule has 18 heavy (non-hydrogen) atoms. The fraction of sp³-hybridized carbons (Fsp3) is 0.538. The third-order valence-corrected chi connectivity index (χ3v) is 4.34. The highest BCUT2D eigenvalue weighted by Crippen LogP contribution is 2.41. The monoisotopic (exact) mass is 293 g/mol. The third kappa shape index (κ3) is 3.14. The van der Waals surface area contributed by atoms with Crippen LogP contribution in [0.1, 0.15) is 37.3 Å². The molecule has 1 aliphatic rings. The van der Waals surface area contributed by atoms with Crippen LogP contribution >= 0.6 is 23.2 Å². The van der Waals surface area contributed by atoms with Gasteiger partial charge in [-0.05, 0) is 36.5 Å². The highest BCUT2D eigenvalue weighted by molar-refractivity contribution is 6.42. The van der Waals surface area contributed by atoms with Crippen LogP contribution in [0.5, 0.6) is 0 Å². The van der Waals surface area contributed by atoms with Gasteiger partial charge in [0.05, 0.1) is 10.0 Å². The Labute approximate surface area is 115 Å². The SMILES string of the molecule is NC(c1ccc(Cl)c(Cl)c1)C1CCC(F)(F)CC1. The first-order chi connectivity index (χ1) is 8.39. The van der Waals surface area contributed by atoms with Crippen molar-refractivity contribution in [3.8, 4) is 0 Å². The first-order valence-electron chi connectivity index (χ1n) is 5.97. The van der Waals surface area contributed by atoms with Gasteiger partial charge in [0.25, 0.3) is 0 Å². The van der Waals surface area contributed by atoms with E-state index in [0.717, 1.165) is 5.56 Å². The Bertz CT molecular complexity index is 427. The Morgan fingerprint density at radius 1 is 1.17 bits per heavy atom. The summed E-state index contributed by atoms with van der Waals surface area (Å²) in [4.78, 5) is 0. The van der Waals surface area contributed by atoms with Gasteiger partial charge < -0.3 is 5.73 Å². The quantitative estimate of drug-likeness (QED) is 0.831. The first-order valence-corrected chi connectivity index (χ1v) is 6.73. The fourth-order valence-electron chi connectivity index (χ4n) is 2.41. The van der Waals surface area contributed by atoms with E-state index in [1.807, 2.05) is 6.07 Å². The molecule has 0 aromatic heterocycles. The highest BCUT2D eigenvalue weighted by Gasteiger charge is 2.37. The summed E-state index contributed by atoms with van der Waals surface area (Å²) in [5.41, 5.74) is 6.99. The van der Waals surface area contributed by atoms with Crippen LogP contribution in [0.2, 0.25) is 10.0 Å². The summed E-state index contributed by atoms with van der Waals surface area (Å²) in [5.74, 6) is -2.43. The second kappa shape index (κ2) is 5.32. The van der Waals surface area contributed by atoms with Crippen molar-refractivity contribution in [3.05, 3.63) is 33.8 Å². The molecule has 1 nitrogen and oxygen atoms in total. The number of hydrogen-bond acceptors (Lipinski definition) is 1. The van der Waals surface area contributed by atoms with Crippen LogP contribution in [-0.4, -0.2) is 5.92 Å². The van der Waals surface area contributed by atoms with E-state index in [9.17, 15) is 8.78 Å². The lowest BCUT2D eigenvalue weighted by molar-refractivity contribution is -0.0483. The minimum absolute atomic E-state index is 0.0767. The van der Waals surface area contributed by atoms with Gasteiger partial charge in [-0.15, -0.1) is 0 Å². The van der Waals surface area contributed by atoms with E-state index in [4.69, 9.17) is 28.9 Å². The maximum absolute atomic E-state index is 13.1. The van der Waals surface area contributed by atoms with E-state index in [1.54, 1.807) is 12.1 Å². The summed E-state index contributed by atoms with van der Waals surface area (Å²) >= 11 is 11.8. The van der Waals surface area contributed by atoms with Gasteiger partial charge in [-0.25, -0.2) is 8.78 Å². The third-order valence-electron chi connectivity index (χ3n) is 3.60. The Kier molecular flexibility index (Phi) is 4.15. The Hall–Kier alpha value is -0.380. The van der Waals surface area contributed by atoms with E-state index in [2.05, 4.69) is 0 Å². The predicted octanol–water partition coefficient (Wildman–Crippen LogP) is 4.82. The van der Waals surface area contributed by atoms with E-state index in [0.29, 0.717) is 22.9 Å². The van der Waals surface area contributed by atoms with Crippen LogP contribution in [0.15, 0.2) is 18.2 Å². The molecule has 2 rings (SSSR count). The second-order valence-corrected chi connectivity index (χ2v) is 5.71. The Morgan fingerprint density at radius 2 is 1.78 bits per heavy atom. The summed E-state index contributed by atoms with van der Waals surface area (Å²) in [6, 6.07) is 4.97. The van der Waals surface area contributed by atoms with Crippen molar-refractivity contribution >= 4 is 23.2 Å². The van der Waals surface area contributed by atoms with Gasteiger partial charge in [0, 0.05) is 18.9 Å². The van der Waals surface area contributed by atoms with Crippen LogP contribution in [-0.2, 0) is 0 Å². The molecule has 5 heteroatoms. The van der Waals surface area contributed by atoms with Crippen molar-refractivity contribution in [1.82, 2.24) is 0 Å². The summed E-state index contributed by atoms with van der Waals surface area (Å²) in [7, 11) is 0. The molecule has 2 N–H and O–H groups in total. The van der Waals surface area contributed by atoms with E-state index in [1.165, 1.54) is 0 Å². The Balaban J connectivity index is 2.07. The molecule has 0 amide bonds. The molecule has 1 saturated carbocycles. The lowest BCUT2D eigenvalue weighted by atomic mass is 9.80. The maximum Gasteiger partial charge on any atom is 0.248 e. The van der Waals surface area contributed by atoms with Gasteiger partial charge in [-0.2, -0.15) is 0 Å². The van der Waals surface area contributed by atoms with E-state index < -0.39 is 5.92 Å². The number of alkyl halides is 2. The molecule has 1 aromatic carbocycles. The largest absolute Gasteiger partial charge is 0.324 e. The molecule has 1 atom stereocenters. The Morgan fingerprint density at radius 3 is 2.33 bits per heavy atom. The average Bonchev–Trinajstić information content (AvgIpc) is 2.32. The zero-order chi connectivity index (χ0) is 13.3. The number of nitrogens with two attached hydrogens (primary N) is 1. The lowest BCUT2D eigenvalue weighted by Crippen LogP contribution is -2.30. The number of benzene rings is 1. The smallest absolute Gasteiger partial charge is 0.248 e. The fourth-order valence-corrected chi connectivity index (χ4v) is 2.72. The van der Waals surface area contributed by atoms with Crippen molar-refractivity contribution in [2.45, 2.75) is 37.6 Å². The van der Waals surface area contributed by atoms with Gasteiger partial charge >= 0.3 is 0 Å². The number of rotatable bonds is 2. The highest BCUT2D eigenvalue weighted by atomic mass is 35.5. The molecule has 100 valence electrons. The van der Waals surface area contributed by atoms with E-state index >= 15 is 0 Å². The van der Waals surface area contributed by atoms with Crippen LogP contribution in [0.4, 0.5) is 8.78 Å². The minimum Gasteiger partial charge on any atom is -0.324 e. The number of hydrogen-bond donors (Lipinski definition) is 1. The summed E-state index contributed by atoms with van der Waals surface area (Å²) < 4.78 is 26.2. The molecule has 1 aromatic rings. The molecular formula is C13H15Cl2F2N. The molecule has 1 aliphatic carbocycles. The molecule has 0 aliphatic heterocycles. The van der Waals surface area contributed by atoms with Crippen molar-refractivity contribution in [3.63, 3.8) is 0 Å². The standard InChI is InChI=1S/C13H15Cl2F2N/c14-10-2-1-9(7-11(10)15)12(18)8-3-5-13(16,17)6-4-8/h1-2,7-8,12H,3-6,18H2. The maximum atomic E-state index is 13.1.